The third-order valence-corrected chi connectivity index (χ3v) is 5.57. The molecule has 0 spiro atoms. The van der Waals surface area contributed by atoms with E-state index >= 15 is 0 Å². The van der Waals surface area contributed by atoms with Crippen LogP contribution in [-0.2, 0) is 14.3 Å². The van der Waals surface area contributed by atoms with Crippen LogP contribution in [0.2, 0.25) is 5.02 Å². The van der Waals surface area contributed by atoms with E-state index in [4.69, 9.17) is 21.1 Å². The minimum atomic E-state index is -0.0625. The number of amides is 1. The van der Waals surface area contributed by atoms with Crippen LogP contribution in [0.1, 0.15) is 24.8 Å². The summed E-state index contributed by atoms with van der Waals surface area (Å²) < 4.78 is 11.7. The van der Waals surface area contributed by atoms with Crippen LogP contribution in [0.4, 0.5) is 5.69 Å². The molecule has 2 unspecified atom stereocenters. The van der Waals surface area contributed by atoms with Gasteiger partial charge in [0.2, 0.25) is 5.91 Å². The lowest BCUT2D eigenvalue weighted by Crippen LogP contribution is -2.53. The summed E-state index contributed by atoms with van der Waals surface area (Å²) in [7, 11) is 1.76. The van der Waals surface area contributed by atoms with E-state index in [1.54, 1.807) is 7.05 Å². The molecular formula is C20H29ClN4O3. The average molecular weight is 409 g/mol. The second kappa shape index (κ2) is 10.1. The van der Waals surface area contributed by atoms with E-state index in [2.05, 4.69) is 20.5 Å². The maximum absolute atomic E-state index is 12.3. The molecule has 2 aliphatic rings. The van der Waals surface area contributed by atoms with Crippen LogP contribution in [0.15, 0.2) is 23.2 Å². The Balaban J connectivity index is 1.46. The molecule has 2 fully saturated rings. The van der Waals surface area contributed by atoms with Crippen molar-refractivity contribution in [3.8, 4) is 0 Å². The Morgan fingerprint density at radius 3 is 2.89 bits per heavy atom. The van der Waals surface area contributed by atoms with Gasteiger partial charge in [-0.25, -0.2) is 0 Å². The topological polar surface area (TPSA) is 75.2 Å². The van der Waals surface area contributed by atoms with Crippen molar-refractivity contribution in [2.45, 2.75) is 38.4 Å². The second-order valence-corrected chi connectivity index (χ2v) is 7.50. The van der Waals surface area contributed by atoms with Crippen molar-refractivity contribution in [1.82, 2.24) is 10.2 Å². The van der Waals surface area contributed by atoms with Crippen molar-refractivity contribution in [2.75, 3.05) is 45.2 Å². The van der Waals surface area contributed by atoms with Crippen LogP contribution in [-0.4, -0.2) is 68.9 Å². The van der Waals surface area contributed by atoms with Gasteiger partial charge >= 0.3 is 0 Å². The molecule has 0 radical (unpaired) electrons. The third kappa shape index (κ3) is 5.37. The first kappa shape index (κ1) is 20.9. The molecule has 0 aromatic heterocycles. The fourth-order valence-corrected chi connectivity index (χ4v) is 3.74. The number of ether oxygens (including phenoxy) is 2. The lowest BCUT2D eigenvalue weighted by Gasteiger charge is -2.37. The lowest BCUT2D eigenvalue weighted by molar-refractivity contribution is -0.116. The van der Waals surface area contributed by atoms with Crippen molar-refractivity contribution in [2.24, 2.45) is 4.99 Å². The van der Waals surface area contributed by atoms with E-state index in [0.717, 1.165) is 49.7 Å². The predicted octanol–water partition coefficient (Wildman–Crippen LogP) is 2.43. The van der Waals surface area contributed by atoms with Crippen LogP contribution in [0.3, 0.4) is 0 Å². The highest BCUT2D eigenvalue weighted by molar-refractivity contribution is 6.31. The molecule has 1 amide bonds. The lowest BCUT2D eigenvalue weighted by atomic mass is 10.1. The van der Waals surface area contributed by atoms with Gasteiger partial charge in [0.15, 0.2) is 5.96 Å². The number of hydrogen-bond donors (Lipinski definition) is 2. The average Bonchev–Trinajstić information content (AvgIpc) is 3.24. The summed E-state index contributed by atoms with van der Waals surface area (Å²) in [4.78, 5) is 18.8. The summed E-state index contributed by atoms with van der Waals surface area (Å²) in [5, 5.41) is 6.84. The maximum Gasteiger partial charge on any atom is 0.226 e. The number of guanidine groups is 1. The highest BCUT2D eigenvalue weighted by atomic mass is 35.5. The van der Waals surface area contributed by atoms with Gasteiger partial charge in [0.25, 0.3) is 0 Å². The number of rotatable bonds is 5. The van der Waals surface area contributed by atoms with Gasteiger partial charge in [0, 0.05) is 50.4 Å². The van der Waals surface area contributed by atoms with Gasteiger partial charge in [-0.2, -0.15) is 0 Å². The number of nitrogens with zero attached hydrogens (tertiary/aromatic N) is 2. The molecule has 0 aliphatic carbocycles. The summed E-state index contributed by atoms with van der Waals surface area (Å²) >= 11 is 6.10. The number of carbonyl (C=O) groups excluding carboxylic acids is 1. The molecule has 2 heterocycles. The molecule has 2 atom stereocenters. The van der Waals surface area contributed by atoms with Crippen molar-refractivity contribution in [3.05, 3.63) is 28.8 Å². The van der Waals surface area contributed by atoms with Crippen LogP contribution in [0.25, 0.3) is 0 Å². The van der Waals surface area contributed by atoms with Gasteiger partial charge < -0.3 is 25.0 Å². The van der Waals surface area contributed by atoms with Gasteiger partial charge in [0.1, 0.15) is 6.10 Å². The molecule has 154 valence electrons. The minimum Gasteiger partial charge on any atom is -0.375 e. The number of carbonyl (C=O) groups is 1. The first-order valence-electron chi connectivity index (χ1n) is 9.82. The van der Waals surface area contributed by atoms with E-state index in [9.17, 15) is 4.79 Å². The first-order chi connectivity index (χ1) is 13.6. The zero-order valence-electron chi connectivity index (χ0n) is 16.5. The number of benzene rings is 1. The Hall–Kier alpha value is -1.83. The van der Waals surface area contributed by atoms with Gasteiger partial charge in [-0.05, 0) is 37.5 Å². The van der Waals surface area contributed by atoms with Gasteiger partial charge in [0.05, 0.1) is 12.7 Å². The zero-order valence-corrected chi connectivity index (χ0v) is 17.3. The second-order valence-electron chi connectivity index (χ2n) is 7.09. The Morgan fingerprint density at radius 1 is 1.32 bits per heavy atom. The van der Waals surface area contributed by atoms with Gasteiger partial charge in [-0.15, -0.1) is 0 Å². The molecule has 3 rings (SSSR count). The van der Waals surface area contributed by atoms with E-state index < -0.39 is 0 Å². The Morgan fingerprint density at radius 2 is 2.14 bits per heavy atom. The number of nitrogens with one attached hydrogen (secondary N) is 2. The van der Waals surface area contributed by atoms with E-state index in [1.807, 2.05) is 25.1 Å². The minimum absolute atomic E-state index is 0.0625. The van der Waals surface area contributed by atoms with Crippen molar-refractivity contribution >= 4 is 29.2 Å². The monoisotopic (exact) mass is 408 g/mol. The molecule has 2 N–H and O–H groups in total. The van der Waals surface area contributed by atoms with Crippen LogP contribution in [0.5, 0.6) is 0 Å². The number of morpholine rings is 1. The Kier molecular flexibility index (Phi) is 7.53. The number of aliphatic imine (C=N–C) groups is 1. The number of halogens is 1. The first-order valence-corrected chi connectivity index (χ1v) is 10.2. The summed E-state index contributed by atoms with van der Waals surface area (Å²) in [5.74, 6) is 0.727. The molecule has 2 aliphatic heterocycles. The summed E-state index contributed by atoms with van der Waals surface area (Å²) in [5.41, 5.74) is 1.62. The molecule has 28 heavy (non-hydrogen) atoms. The molecule has 0 bridgehead atoms. The normalized spacial score (nSPS) is 23.0. The fraction of sp³-hybridized carbons (Fsp3) is 0.600. The van der Waals surface area contributed by atoms with E-state index in [1.165, 1.54) is 0 Å². The predicted molar refractivity (Wildman–Crippen MR) is 111 cm³/mol. The quantitative estimate of drug-likeness (QED) is 0.578. The summed E-state index contributed by atoms with van der Waals surface area (Å²) in [6.07, 6.45) is 2.73. The fourth-order valence-electron chi connectivity index (χ4n) is 3.56. The smallest absolute Gasteiger partial charge is 0.226 e. The standard InChI is InChI=1S/C20H29ClN4O3/c1-14-15(21)5-3-6-16(14)24-19(26)8-9-23-20(22-2)25-10-12-28-18(13-25)17-7-4-11-27-17/h3,5-6,17-18H,4,7-13H2,1-2H3,(H,22,23)(H,24,26). The van der Waals surface area contributed by atoms with Gasteiger partial charge in [-0.3, -0.25) is 9.79 Å². The molecular weight excluding hydrogens is 380 g/mol. The number of anilines is 1. The van der Waals surface area contributed by atoms with E-state index in [-0.39, 0.29) is 18.1 Å². The van der Waals surface area contributed by atoms with Crippen molar-refractivity contribution in [1.29, 1.82) is 0 Å². The summed E-state index contributed by atoms with van der Waals surface area (Å²) in [6, 6.07) is 5.49. The molecule has 0 saturated carbocycles. The van der Waals surface area contributed by atoms with Gasteiger partial charge in [-0.1, -0.05) is 17.7 Å². The Labute approximate surface area is 171 Å². The molecule has 8 heteroatoms. The molecule has 1 aromatic rings. The third-order valence-electron chi connectivity index (χ3n) is 5.16. The van der Waals surface area contributed by atoms with Crippen molar-refractivity contribution in [3.63, 3.8) is 0 Å². The van der Waals surface area contributed by atoms with E-state index in [0.29, 0.717) is 24.6 Å². The SMILES string of the molecule is CN=C(NCCC(=O)Nc1cccc(Cl)c1C)N1CCOC(C2CCCO2)C1. The summed E-state index contributed by atoms with van der Waals surface area (Å²) in [6.45, 7) is 5.38. The van der Waals surface area contributed by atoms with Crippen LogP contribution < -0.4 is 10.6 Å². The highest BCUT2D eigenvalue weighted by Crippen LogP contribution is 2.23. The maximum atomic E-state index is 12.3. The zero-order chi connectivity index (χ0) is 19.9. The molecule has 1 aromatic carbocycles. The Bertz CT molecular complexity index is 707. The molecule has 7 nitrogen and oxygen atoms in total. The van der Waals surface area contributed by atoms with Crippen LogP contribution >= 0.6 is 11.6 Å². The van der Waals surface area contributed by atoms with Crippen molar-refractivity contribution < 1.29 is 14.3 Å². The number of hydrogen-bond acceptors (Lipinski definition) is 4. The molecule has 2 saturated heterocycles. The highest BCUT2D eigenvalue weighted by Gasteiger charge is 2.32. The van der Waals surface area contributed by atoms with Crippen LogP contribution in [0, 0.1) is 6.92 Å². The largest absolute Gasteiger partial charge is 0.375 e.